The number of hydrogen-bond acceptors (Lipinski definition) is 7. The number of carbonyl (C=O) groups is 1. The van der Waals surface area contributed by atoms with Gasteiger partial charge in [0.05, 0.1) is 6.04 Å². The third kappa shape index (κ3) is 3.37. The molecule has 1 atom stereocenters. The summed E-state index contributed by atoms with van der Waals surface area (Å²) in [4.78, 5) is 40.6. The first kappa shape index (κ1) is 17.5. The van der Waals surface area contributed by atoms with Crippen LogP contribution in [0.4, 0.5) is 10.7 Å². The summed E-state index contributed by atoms with van der Waals surface area (Å²) < 4.78 is 5.47. The van der Waals surface area contributed by atoms with E-state index < -0.39 is 6.09 Å². The van der Waals surface area contributed by atoms with Crippen LogP contribution in [0.25, 0.3) is 10.3 Å². The standard InChI is InChI=1S/C18H19N5O3S/c1-22(2)17-20-14(24)13-16(21-17)27-15(19-13)12-9-6-10-23(12)18(25)26-11-7-4-3-5-8-11/h3-5,7-8,12H,6,9-10H2,1-2H3,(H,20,21,24). The van der Waals surface area contributed by atoms with E-state index in [-0.39, 0.29) is 11.6 Å². The maximum atomic E-state index is 12.6. The SMILES string of the molecule is CN(C)c1nc2sc(C3CCCN3C(=O)Oc3ccccc3)nc2c(=O)[nH]1. The molecule has 1 aliphatic heterocycles. The van der Waals surface area contributed by atoms with Crippen molar-refractivity contribution in [1.82, 2.24) is 19.9 Å². The Morgan fingerprint density at radius 2 is 2.07 bits per heavy atom. The number of thiazole rings is 1. The number of likely N-dealkylation sites (tertiary alicyclic amines) is 1. The Morgan fingerprint density at radius 3 is 2.81 bits per heavy atom. The number of ether oxygens (including phenoxy) is 1. The zero-order valence-corrected chi connectivity index (χ0v) is 15.8. The van der Waals surface area contributed by atoms with Gasteiger partial charge in [0.1, 0.15) is 10.8 Å². The molecule has 1 aromatic carbocycles. The summed E-state index contributed by atoms with van der Waals surface area (Å²) in [5.74, 6) is 0.987. The predicted octanol–water partition coefficient (Wildman–Crippen LogP) is 2.78. The molecule has 1 N–H and O–H groups in total. The topological polar surface area (TPSA) is 91.4 Å². The fourth-order valence-corrected chi connectivity index (χ4v) is 4.16. The molecule has 1 unspecified atom stereocenters. The number of benzene rings is 1. The van der Waals surface area contributed by atoms with Crippen LogP contribution in [0.15, 0.2) is 35.1 Å². The molecule has 1 saturated heterocycles. The van der Waals surface area contributed by atoms with Gasteiger partial charge in [-0.1, -0.05) is 29.5 Å². The minimum Gasteiger partial charge on any atom is -0.410 e. The predicted molar refractivity (Wildman–Crippen MR) is 104 cm³/mol. The van der Waals surface area contributed by atoms with E-state index in [4.69, 9.17) is 4.74 Å². The van der Waals surface area contributed by atoms with Crippen LogP contribution in [-0.4, -0.2) is 46.6 Å². The Kier molecular flexibility index (Phi) is 4.53. The summed E-state index contributed by atoms with van der Waals surface area (Å²) in [6.07, 6.45) is 1.23. The Morgan fingerprint density at radius 1 is 1.30 bits per heavy atom. The van der Waals surface area contributed by atoms with E-state index in [1.54, 1.807) is 21.9 Å². The second kappa shape index (κ2) is 6.99. The van der Waals surface area contributed by atoms with Gasteiger partial charge >= 0.3 is 6.09 Å². The van der Waals surface area contributed by atoms with Gasteiger partial charge in [0.25, 0.3) is 5.56 Å². The quantitative estimate of drug-likeness (QED) is 0.745. The molecule has 27 heavy (non-hydrogen) atoms. The fraction of sp³-hybridized carbons (Fsp3) is 0.333. The number of H-pyrrole nitrogens is 1. The molecular weight excluding hydrogens is 366 g/mol. The highest BCUT2D eigenvalue weighted by atomic mass is 32.1. The van der Waals surface area contributed by atoms with Gasteiger partial charge in [0.15, 0.2) is 10.3 Å². The summed E-state index contributed by atoms with van der Waals surface area (Å²) in [5, 5.41) is 0.710. The number of aromatic amines is 1. The molecule has 1 fully saturated rings. The average molecular weight is 385 g/mol. The number of para-hydroxylation sites is 1. The first-order chi connectivity index (χ1) is 13.0. The monoisotopic (exact) mass is 385 g/mol. The number of aromatic nitrogens is 3. The van der Waals surface area contributed by atoms with Crippen molar-refractivity contribution < 1.29 is 9.53 Å². The van der Waals surface area contributed by atoms with Crippen molar-refractivity contribution in [2.45, 2.75) is 18.9 Å². The van der Waals surface area contributed by atoms with Crippen LogP contribution in [0.1, 0.15) is 23.9 Å². The van der Waals surface area contributed by atoms with Gasteiger partial charge in [-0.15, -0.1) is 0 Å². The van der Waals surface area contributed by atoms with Gasteiger partial charge in [-0.3, -0.25) is 14.7 Å². The van der Waals surface area contributed by atoms with Crippen molar-refractivity contribution in [2.24, 2.45) is 0 Å². The summed E-state index contributed by atoms with van der Waals surface area (Å²) >= 11 is 1.35. The molecule has 3 heterocycles. The van der Waals surface area contributed by atoms with Crippen molar-refractivity contribution in [2.75, 3.05) is 25.5 Å². The Bertz CT molecular complexity index is 1030. The van der Waals surface area contributed by atoms with E-state index in [0.717, 1.165) is 12.8 Å². The molecule has 3 aromatic rings. The summed E-state index contributed by atoms with van der Waals surface area (Å²) in [5.41, 5.74) is 0.0338. The third-order valence-electron chi connectivity index (χ3n) is 4.42. The number of amides is 1. The van der Waals surface area contributed by atoms with Crippen molar-refractivity contribution >= 4 is 33.7 Å². The summed E-state index contributed by atoms with van der Waals surface area (Å²) in [7, 11) is 3.62. The molecule has 0 saturated carbocycles. The third-order valence-corrected chi connectivity index (χ3v) is 5.47. The zero-order valence-electron chi connectivity index (χ0n) is 15.0. The van der Waals surface area contributed by atoms with Crippen LogP contribution in [0.3, 0.4) is 0 Å². The lowest BCUT2D eigenvalue weighted by molar-refractivity contribution is 0.147. The van der Waals surface area contributed by atoms with Crippen LogP contribution >= 0.6 is 11.3 Å². The molecule has 0 spiro atoms. The van der Waals surface area contributed by atoms with Crippen molar-refractivity contribution in [1.29, 1.82) is 0 Å². The van der Waals surface area contributed by atoms with Crippen LogP contribution in [0, 0.1) is 0 Å². The number of nitrogens with zero attached hydrogens (tertiary/aromatic N) is 4. The fourth-order valence-electron chi connectivity index (χ4n) is 3.08. The number of nitrogens with one attached hydrogen (secondary N) is 1. The van der Waals surface area contributed by atoms with E-state index >= 15 is 0 Å². The molecule has 0 aliphatic carbocycles. The number of rotatable bonds is 3. The van der Waals surface area contributed by atoms with Crippen LogP contribution in [0.5, 0.6) is 5.75 Å². The first-order valence-corrected chi connectivity index (χ1v) is 9.46. The van der Waals surface area contributed by atoms with Gasteiger partial charge in [-0.2, -0.15) is 0 Å². The molecule has 0 bridgehead atoms. The van der Waals surface area contributed by atoms with Crippen LogP contribution in [0.2, 0.25) is 0 Å². The number of hydrogen-bond donors (Lipinski definition) is 1. The van der Waals surface area contributed by atoms with Crippen molar-refractivity contribution in [3.05, 3.63) is 45.7 Å². The maximum absolute atomic E-state index is 12.6. The summed E-state index contributed by atoms with van der Waals surface area (Å²) in [6, 6.07) is 8.78. The molecule has 8 nitrogen and oxygen atoms in total. The Hall–Kier alpha value is -2.94. The van der Waals surface area contributed by atoms with Gasteiger partial charge in [0, 0.05) is 20.6 Å². The minimum absolute atomic E-state index is 0.206. The largest absolute Gasteiger partial charge is 0.415 e. The van der Waals surface area contributed by atoms with E-state index in [0.29, 0.717) is 33.6 Å². The number of carbonyl (C=O) groups excluding carboxylic acids is 1. The zero-order chi connectivity index (χ0) is 19.0. The van der Waals surface area contributed by atoms with Crippen molar-refractivity contribution in [3.8, 4) is 5.75 Å². The molecule has 140 valence electrons. The van der Waals surface area contributed by atoms with E-state index in [1.165, 1.54) is 11.3 Å². The van der Waals surface area contributed by atoms with E-state index in [1.807, 2.05) is 32.3 Å². The number of anilines is 1. The second-order valence-electron chi connectivity index (χ2n) is 6.52. The molecular formula is C18H19N5O3S. The maximum Gasteiger partial charge on any atom is 0.415 e. The van der Waals surface area contributed by atoms with Crippen LogP contribution in [-0.2, 0) is 0 Å². The normalized spacial score (nSPS) is 16.7. The van der Waals surface area contributed by atoms with Gasteiger partial charge in [-0.25, -0.2) is 14.8 Å². The summed E-state index contributed by atoms with van der Waals surface area (Å²) in [6.45, 7) is 0.596. The molecule has 1 amide bonds. The Balaban J connectivity index is 1.62. The minimum atomic E-state index is -0.404. The lowest BCUT2D eigenvalue weighted by atomic mass is 10.2. The molecule has 1 aliphatic rings. The van der Waals surface area contributed by atoms with Crippen molar-refractivity contribution in [3.63, 3.8) is 0 Å². The highest BCUT2D eigenvalue weighted by Gasteiger charge is 2.34. The number of fused-ring (bicyclic) bond motifs is 1. The van der Waals surface area contributed by atoms with Crippen LogP contribution < -0.4 is 15.2 Å². The molecule has 2 aromatic heterocycles. The van der Waals surface area contributed by atoms with E-state index in [9.17, 15) is 9.59 Å². The molecule has 4 rings (SSSR count). The second-order valence-corrected chi connectivity index (χ2v) is 7.53. The van der Waals surface area contributed by atoms with Gasteiger partial charge in [0.2, 0.25) is 5.95 Å². The lowest BCUT2D eigenvalue weighted by Crippen LogP contribution is -2.33. The van der Waals surface area contributed by atoms with E-state index in [2.05, 4.69) is 15.0 Å². The smallest absolute Gasteiger partial charge is 0.410 e. The lowest BCUT2D eigenvalue weighted by Gasteiger charge is -2.22. The molecule has 0 radical (unpaired) electrons. The molecule has 9 heteroatoms. The average Bonchev–Trinajstić information content (AvgIpc) is 3.29. The highest BCUT2D eigenvalue weighted by molar-refractivity contribution is 7.18. The first-order valence-electron chi connectivity index (χ1n) is 8.64. The highest BCUT2D eigenvalue weighted by Crippen LogP contribution is 2.36. The Labute approximate surface area is 159 Å². The van der Waals surface area contributed by atoms with Gasteiger partial charge in [-0.05, 0) is 25.0 Å². The van der Waals surface area contributed by atoms with Gasteiger partial charge < -0.3 is 9.64 Å².